The molecule has 0 spiro atoms. The van der Waals surface area contributed by atoms with Gasteiger partial charge in [0, 0.05) is 29.5 Å². The molecule has 1 heterocycles. The van der Waals surface area contributed by atoms with Gasteiger partial charge in [0.2, 0.25) is 11.8 Å². The number of halogens is 1. The third-order valence-electron chi connectivity index (χ3n) is 5.55. The van der Waals surface area contributed by atoms with Gasteiger partial charge in [-0.15, -0.1) is 0 Å². The predicted molar refractivity (Wildman–Crippen MR) is 130 cm³/mol. The van der Waals surface area contributed by atoms with Crippen molar-refractivity contribution in [3.63, 3.8) is 0 Å². The number of hydrogen-bond donors (Lipinski definition) is 2. The van der Waals surface area contributed by atoms with Crippen LogP contribution in [0.3, 0.4) is 0 Å². The van der Waals surface area contributed by atoms with Crippen LogP contribution in [0.4, 0.5) is 0 Å². The quantitative estimate of drug-likeness (QED) is 0.423. The van der Waals surface area contributed by atoms with E-state index in [0.29, 0.717) is 31.1 Å². The molecule has 1 aliphatic heterocycles. The zero-order valence-electron chi connectivity index (χ0n) is 18.0. The average molecular weight is 509 g/mol. The highest BCUT2D eigenvalue weighted by molar-refractivity contribution is 9.10. The smallest absolute Gasteiger partial charge is 0.250 e. The number of ether oxygens (including phenoxy) is 2. The minimum absolute atomic E-state index is 0.0801. The Morgan fingerprint density at radius 2 is 1.76 bits per heavy atom. The first kappa shape index (κ1) is 23.0. The first-order chi connectivity index (χ1) is 16.0. The number of hydrogen-bond acceptors (Lipinski definition) is 5. The van der Waals surface area contributed by atoms with Gasteiger partial charge >= 0.3 is 0 Å². The zero-order valence-corrected chi connectivity index (χ0v) is 19.6. The Hall–Kier alpha value is -3.16. The summed E-state index contributed by atoms with van der Waals surface area (Å²) < 4.78 is 12.9. The third kappa shape index (κ3) is 5.10. The van der Waals surface area contributed by atoms with Crippen molar-refractivity contribution >= 4 is 27.7 Å². The Morgan fingerprint density at radius 1 is 1.06 bits per heavy atom. The van der Waals surface area contributed by atoms with Crippen LogP contribution < -0.4 is 10.5 Å². The molecule has 6 nitrogen and oxygen atoms in total. The van der Waals surface area contributed by atoms with Gasteiger partial charge in [-0.05, 0) is 47.5 Å². The number of rotatable bonds is 9. The van der Waals surface area contributed by atoms with Gasteiger partial charge in [0.15, 0.2) is 11.6 Å². The van der Waals surface area contributed by atoms with E-state index in [1.807, 2.05) is 78.9 Å². The van der Waals surface area contributed by atoms with Crippen LogP contribution >= 0.6 is 15.9 Å². The monoisotopic (exact) mass is 508 g/mol. The molecule has 0 radical (unpaired) electrons. The van der Waals surface area contributed by atoms with Crippen molar-refractivity contribution in [1.82, 2.24) is 0 Å². The number of benzene rings is 3. The lowest BCUT2D eigenvalue weighted by Crippen LogP contribution is -2.47. The summed E-state index contributed by atoms with van der Waals surface area (Å²) in [6.45, 7) is 0.511. The van der Waals surface area contributed by atoms with E-state index in [0.717, 1.165) is 21.2 Å². The van der Waals surface area contributed by atoms with Gasteiger partial charge in [-0.25, -0.2) is 4.99 Å². The highest BCUT2D eigenvalue weighted by atomic mass is 79.9. The Kier molecular flexibility index (Phi) is 7.11. The fourth-order valence-corrected chi connectivity index (χ4v) is 4.11. The van der Waals surface area contributed by atoms with E-state index in [2.05, 4.69) is 15.9 Å². The summed E-state index contributed by atoms with van der Waals surface area (Å²) >= 11 is 3.46. The van der Waals surface area contributed by atoms with Gasteiger partial charge in [0.25, 0.3) is 0 Å². The van der Waals surface area contributed by atoms with Crippen molar-refractivity contribution in [3.8, 4) is 5.75 Å². The minimum Gasteiger partial charge on any atom is -0.494 e. The molecule has 3 aromatic rings. The Bertz CT molecular complexity index is 1120. The Morgan fingerprint density at radius 3 is 2.39 bits per heavy atom. The zero-order chi connectivity index (χ0) is 23.3. The molecule has 0 unspecified atom stereocenters. The number of primary amides is 1. The highest BCUT2D eigenvalue weighted by Crippen LogP contribution is 2.42. The topological polar surface area (TPSA) is 94.1 Å². The average Bonchev–Trinajstić information content (AvgIpc) is 3.21. The summed E-state index contributed by atoms with van der Waals surface area (Å²) in [5.41, 5.74) is 7.19. The van der Waals surface area contributed by atoms with Gasteiger partial charge in [0.05, 0.1) is 6.61 Å². The van der Waals surface area contributed by atoms with Gasteiger partial charge in [-0.2, -0.15) is 0 Å². The van der Waals surface area contributed by atoms with Crippen molar-refractivity contribution in [2.45, 2.75) is 24.5 Å². The molecule has 0 aliphatic carbocycles. The molecule has 1 aliphatic rings. The summed E-state index contributed by atoms with van der Waals surface area (Å²) in [7, 11) is 0. The first-order valence-corrected chi connectivity index (χ1v) is 11.5. The van der Waals surface area contributed by atoms with E-state index in [-0.39, 0.29) is 6.61 Å². The molecule has 4 rings (SSSR count). The molecule has 1 amide bonds. The number of amides is 1. The lowest BCUT2D eigenvalue weighted by Gasteiger charge is -2.29. The number of aliphatic imine (C=N–C) groups is 1. The molecular formula is C26H25BrN2O4. The standard InChI is InChI=1S/C26H25BrN2O4/c27-21-11-7-19(8-12-21)23-26(25(28)31,17-18-5-2-1-3-6-18)29-24(33-23)20-9-13-22(14-10-20)32-16-4-15-30/h1-3,5-14,23,30H,4,15-17H2,(H2,28,31)/t23-,26-/m1/s1. The number of carbonyl (C=O) groups excluding carboxylic acids is 1. The van der Waals surface area contributed by atoms with Gasteiger partial charge in [-0.1, -0.05) is 58.4 Å². The molecule has 0 saturated carbocycles. The fourth-order valence-electron chi connectivity index (χ4n) is 3.85. The van der Waals surface area contributed by atoms with Crippen LogP contribution in [0.25, 0.3) is 0 Å². The summed E-state index contributed by atoms with van der Waals surface area (Å²) in [6.07, 6.45) is 0.210. The number of aliphatic hydroxyl groups excluding tert-OH is 1. The van der Waals surface area contributed by atoms with Crippen molar-refractivity contribution < 1.29 is 19.4 Å². The number of aliphatic hydroxyl groups is 1. The molecular weight excluding hydrogens is 484 g/mol. The second kappa shape index (κ2) is 10.2. The maximum absolute atomic E-state index is 12.9. The van der Waals surface area contributed by atoms with E-state index in [1.165, 1.54) is 0 Å². The van der Waals surface area contributed by atoms with Crippen LogP contribution in [0, 0.1) is 0 Å². The minimum atomic E-state index is -1.29. The Labute approximate surface area is 201 Å². The maximum Gasteiger partial charge on any atom is 0.250 e. The van der Waals surface area contributed by atoms with Crippen molar-refractivity contribution in [2.24, 2.45) is 10.7 Å². The molecule has 2 atom stereocenters. The lowest BCUT2D eigenvalue weighted by atomic mass is 9.82. The number of carbonyl (C=O) groups is 1. The molecule has 33 heavy (non-hydrogen) atoms. The molecule has 0 saturated heterocycles. The van der Waals surface area contributed by atoms with E-state index >= 15 is 0 Å². The molecule has 3 N–H and O–H groups in total. The van der Waals surface area contributed by atoms with Gasteiger partial charge in [0.1, 0.15) is 5.75 Å². The molecule has 0 bridgehead atoms. The normalized spacial score (nSPS) is 19.6. The second-order valence-corrected chi connectivity index (χ2v) is 8.78. The summed E-state index contributed by atoms with van der Waals surface area (Å²) in [6, 6.07) is 24.6. The van der Waals surface area contributed by atoms with Crippen molar-refractivity contribution in [2.75, 3.05) is 13.2 Å². The van der Waals surface area contributed by atoms with E-state index in [4.69, 9.17) is 25.3 Å². The van der Waals surface area contributed by atoms with Crippen LogP contribution in [0.1, 0.15) is 29.2 Å². The molecule has 7 heteroatoms. The van der Waals surface area contributed by atoms with Crippen LogP contribution in [-0.4, -0.2) is 35.7 Å². The van der Waals surface area contributed by atoms with Crippen LogP contribution in [0.15, 0.2) is 88.3 Å². The summed E-state index contributed by atoms with van der Waals surface area (Å²) in [5.74, 6) is 0.499. The number of nitrogens with zero attached hydrogens (tertiary/aromatic N) is 1. The van der Waals surface area contributed by atoms with Crippen LogP contribution in [-0.2, 0) is 16.0 Å². The van der Waals surface area contributed by atoms with Gasteiger partial charge in [-0.3, -0.25) is 4.79 Å². The van der Waals surface area contributed by atoms with Crippen LogP contribution in [0.2, 0.25) is 0 Å². The fraction of sp³-hybridized carbons (Fsp3) is 0.231. The maximum atomic E-state index is 12.9. The van der Waals surface area contributed by atoms with Crippen LogP contribution in [0.5, 0.6) is 5.75 Å². The molecule has 0 fully saturated rings. The highest BCUT2D eigenvalue weighted by Gasteiger charge is 2.52. The summed E-state index contributed by atoms with van der Waals surface area (Å²) in [4.78, 5) is 17.7. The van der Waals surface area contributed by atoms with Gasteiger partial charge < -0.3 is 20.3 Å². The lowest BCUT2D eigenvalue weighted by molar-refractivity contribution is -0.125. The third-order valence-corrected chi connectivity index (χ3v) is 6.08. The first-order valence-electron chi connectivity index (χ1n) is 10.7. The van der Waals surface area contributed by atoms with Crippen molar-refractivity contribution in [1.29, 1.82) is 0 Å². The predicted octanol–water partition coefficient (Wildman–Crippen LogP) is 4.20. The molecule has 3 aromatic carbocycles. The number of nitrogens with two attached hydrogens (primary N) is 1. The Balaban J connectivity index is 1.71. The largest absolute Gasteiger partial charge is 0.494 e. The molecule has 170 valence electrons. The second-order valence-electron chi connectivity index (χ2n) is 7.87. The summed E-state index contributed by atoms with van der Waals surface area (Å²) in [5, 5.41) is 8.91. The molecule has 0 aromatic heterocycles. The van der Waals surface area contributed by atoms with E-state index in [9.17, 15) is 4.79 Å². The van der Waals surface area contributed by atoms with E-state index in [1.54, 1.807) is 0 Å². The van der Waals surface area contributed by atoms with Crippen molar-refractivity contribution in [3.05, 3.63) is 100 Å². The SMILES string of the molecule is NC(=O)[C@]1(Cc2ccccc2)N=C(c2ccc(OCCCO)cc2)O[C@@H]1c1ccc(Br)cc1. The van der Waals surface area contributed by atoms with E-state index < -0.39 is 17.6 Å².